The van der Waals surface area contributed by atoms with E-state index in [9.17, 15) is 4.79 Å². The van der Waals surface area contributed by atoms with Crippen molar-refractivity contribution in [2.45, 2.75) is 18.9 Å². The minimum Gasteiger partial charge on any atom is -0.497 e. The molecule has 0 aliphatic carbocycles. The van der Waals surface area contributed by atoms with Gasteiger partial charge in [0.1, 0.15) is 17.0 Å². The molecule has 5 heteroatoms. The number of benzene rings is 1. The van der Waals surface area contributed by atoms with Gasteiger partial charge in [-0.25, -0.2) is 0 Å². The molecule has 0 radical (unpaired) electrons. The average Bonchev–Trinajstić information content (AvgIpc) is 2.46. The molecule has 19 heavy (non-hydrogen) atoms. The summed E-state index contributed by atoms with van der Waals surface area (Å²) in [6.45, 7) is 2.20. The molecule has 0 spiro atoms. The number of ether oxygens (including phenoxy) is 3. The van der Waals surface area contributed by atoms with Crippen LogP contribution < -0.4 is 14.8 Å². The van der Waals surface area contributed by atoms with Crippen LogP contribution in [0.15, 0.2) is 24.3 Å². The summed E-state index contributed by atoms with van der Waals surface area (Å²) in [5.74, 6) is 1.22. The maximum absolute atomic E-state index is 11.6. The van der Waals surface area contributed by atoms with Crippen molar-refractivity contribution in [3.8, 4) is 11.5 Å². The molecule has 0 aliphatic heterocycles. The molecule has 1 atom stereocenters. The van der Waals surface area contributed by atoms with Gasteiger partial charge < -0.3 is 19.5 Å². The Labute approximate surface area is 113 Å². The molecular weight excluding hydrogens is 246 g/mol. The first kappa shape index (κ1) is 15.3. The number of nitrogens with one attached hydrogen (secondary N) is 1. The van der Waals surface area contributed by atoms with Crippen LogP contribution in [0.5, 0.6) is 11.5 Å². The first-order valence-electron chi connectivity index (χ1n) is 6.10. The molecule has 1 N–H and O–H groups in total. The smallest absolute Gasteiger partial charge is 0.325 e. The summed E-state index contributed by atoms with van der Waals surface area (Å²) in [5, 5.41) is 2.96. The van der Waals surface area contributed by atoms with Crippen molar-refractivity contribution in [2.24, 2.45) is 0 Å². The van der Waals surface area contributed by atoms with Crippen LogP contribution >= 0.6 is 0 Å². The number of likely N-dealkylation sites (N-methyl/N-ethyl adjacent to an activating group) is 1. The van der Waals surface area contributed by atoms with Gasteiger partial charge >= 0.3 is 5.97 Å². The summed E-state index contributed by atoms with van der Waals surface area (Å²) < 4.78 is 15.4. The van der Waals surface area contributed by atoms with Crippen LogP contribution in [0.1, 0.15) is 13.3 Å². The standard InChI is InChI=1S/C14H21NO4/c1-14(15-2,13(16)18-4)9-10-19-12-7-5-11(17-3)6-8-12/h5-8,15H,9-10H2,1-4H3. The molecule has 5 nitrogen and oxygen atoms in total. The highest BCUT2D eigenvalue weighted by atomic mass is 16.5. The van der Waals surface area contributed by atoms with Crippen LogP contribution in [0.3, 0.4) is 0 Å². The Balaban J connectivity index is 2.50. The molecule has 0 heterocycles. The van der Waals surface area contributed by atoms with Crippen molar-refractivity contribution < 1.29 is 19.0 Å². The predicted molar refractivity (Wildman–Crippen MR) is 72.6 cm³/mol. The third-order valence-electron chi connectivity index (χ3n) is 3.12. The van der Waals surface area contributed by atoms with E-state index in [4.69, 9.17) is 14.2 Å². The van der Waals surface area contributed by atoms with Crippen molar-refractivity contribution in [2.75, 3.05) is 27.9 Å². The highest BCUT2D eigenvalue weighted by Crippen LogP contribution is 2.18. The van der Waals surface area contributed by atoms with Gasteiger partial charge in [0.05, 0.1) is 20.8 Å². The van der Waals surface area contributed by atoms with Crippen LogP contribution in [0.4, 0.5) is 0 Å². The molecule has 0 bridgehead atoms. The second-order valence-electron chi connectivity index (χ2n) is 4.35. The second kappa shape index (κ2) is 6.99. The first-order valence-corrected chi connectivity index (χ1v) is 6.10. The maximum Gasteiger partial charge on any atom is 0.325 e. The van der Waals surface area contributed by atoms with E-state index in [2.05, 4.69) is 5.32 Å². The molecule has 0 saturated carbocycles. The lowest BCUT2D eigenvalue weighted by Gasteiger charge is -2.25. The Morgan fingerprint density at radius 2 is 1.79 bits per heavy atom. The van der Waals surface area contributed by atoms with E-state index in [0.717, 1.165) is 11.5 Å². The Morgan fingerprint density at radius 3 is 2.26 bits per heavy atom. The molecule has 1 rings (SSSR count). The molecule has 0 amide bonds. The Morgan fingerprint density at radius 1 is 1.21 bits per heavy atom. The third kappa shape index (κ3) is 4.13. The molecular formula is C14H21NO4. The number of esters is 1. The zero-order chi connectivity index (χ0) is 14.3. The van der Waals surface area contributed by atoms with Gasteiger partial charge in [-0.1, -0.05) is 0 Å². The Kier molecular flexibility index (Phi) is 5.63. The number of hydrogen-bond donors (Lipinski definition) is 1. The van der Waals surface area contributed by atoms with Crippen molar-refractivity contribution in [1.29, 1.82) is 0 Å². The van der Waals surface area contributed by atoms with E-state index in [1.54, 1.807) is 21.1 Å². The number of carbonyl (C=O) groups excluding carboxylic acids is 1. The normalized spacial score (nSPS) is 13.5. The van der Waals surface area contributed by atoms with Gasteiger partial charge in [0.15, 0.2) is 0 Å². The largest absolute Gasteiger partial charge is 0.497 e. The van der Waals surface area contributed by atoms with E-state index in [0.29, 0.717) is 13.0 Å². The third-order valence-corrected chi connectivity index (χ3v) is 3.12. The number of carbonyl (C=O) groups is 1. The van der Waals surface area contributed by atoms with Gasteiger partial charge in [-0.15, -0.1) is 0 Å². The summed E-state index contributed by atoms with van der Waals surface area (Å²) in [7, 11) is 4.72. The number of rotatable bonds is 7. The molecule has 0 aromatic heterocycles. The van der Waals surface area contributed by atoms with E-state index in [1.807, 2.05) is 24.3 Å². The molecule has 0 fully saturated rings. The predicted octanol–water partition coefficient (Wildman–Crippen LogP) is 1.62. The Hall–Kier alpha value is -1.75. The van der Waals surface area contributed by atoms with Crippen LogP contribution in [0.2, 0.25) is 0 Å². The van der Waals surface area contributed by atoms with E-state index >= 15 is 0 Å². The quantitative estimate of drug-likeness (QED) is 0.761. The summed E-state index contributed by atoms with van der Waals surface area (Å²) in [5.41, 5.74) is -0.735. The van der Waals surface area contributed by atoms with Crippen LogP contribution in [-0.4, -0.2) is 39.4 Å². The first-order chi connectivity index (χ1) is 9.05. The Bertz CT molecular complexity index is 404. The fraction of sp³-hybridized carbons (Fsp3) is 0.500. The fourth-order valence-electron chi connectivity index (χ4n) is 1.60. The van der Waals surface area contributed by atoms with Crippen molar-refractivity contribution in [3.63, 3.8) is 0 Å². The van der Waals surface area contributed by atoms with Crippen LogP contribution in [0, 0.1) is 0 Å². The fourth-order valence-corrected chi connectivity index (χ4v) is 1.60. The zero-order valence-corrected chi connectivity index (χ0v) is 11.9. The minimum atomic E-state index is -0.735. The van der Waals surface area contributed by atoms with E-state index < -0.39 is 5.54 Å². The molecule has 1 unspecified atom stereocenters. The van der Waals surface area contributed by atoms with Gasteiger partial charge in [-0.05, 0) is 38.2 Å². The van der Waals surface area contributed by atoms with E-state index in [-0.39, 0.29) is 5.97 Å². The summed E-state index contributed by atoms with van der Waals surface area (Å²) in [4.78, 5) is 11.6. The lowest BCUT2D eigenvalue weighted by atomic mass is 9.99. The molecule has 0 aliphatic rings. The van der Waals surface area contributed by atoms with Gasteiger partial charge in [-0.2, -0.15) is 0 Å². The van der Waals surface area contributed by atoms with Crippen molar-refractivity contribution >= 4 is 5.97 Å². The van der Waals surface area contributed by atoms with Crippen molar-refractivity contribution in [1.82, 2.24) is 5.32 Å². The summed E-state index contributed by atoms with van der Waals surface area (Å²) >= 11 is 0. The van der Waals surface area contributed by atoms with Crippen LogP contribution in [0.25, 0.3) is 0 Å². The highest BCUT2D eigenvalue weighted by molar-refractivity contribution is 5.80. The van der Waals surface area contributed by atoms with E-state index in [1.165, 1.54) is 7.11 Å². The SMILES string of the molecule is CNC(C)(CCOc1ccc(OC)cc1)C(=O)OC. The van der Waals surface area contributed by atoms with Gasteiger partial charge in [-0.3, -0.25) is 4.79 Å². The van der Waals surface area contributed by atoms with Gasteiger partial charge in [0, 0.05) is 6.42 Å². The average molecular weight is 267 g/mol. The summed E-state index contributed by atoms with van der Waals surface area (Å²) in [6.07, 6.45) is 0.516. The molecule has 106 valence electrons. The molecule has 1 aromatic carbocycles. The maximum atomic E-state index is 11.6. The topological polar surface area (TPSA) is 56.8 Å². The highest BCUT2D eigenvalue weighted by Gasteiger charge is 2.32. The molecule has 0 saturated heterocycles. The summed E-state index contributed by atoms with van der Waals surface area (Å²) in [6, 6.07) is 7.31. The lowest BCUT2D eigenvalue weighted by Crippen LogP contribution is -2.49. The number of methoxy groups -OCH3 is 2. The zero-order valence-electron chi connectivity index (χ0n) is 11.9. The monoisotopic (exact) mass is 267 g/mol. The van der Waals surface area contributed by atoms with Crippen molar-refractivity contribution in [3.05, 3.63) is 24.3 Å². The minimum absolute atomic E-state index is 0.298. The van der Waals surface area contributed by atoms with Gasteiger partial charge in [0.25, 0.3) is 0 Å². The van der Waals surface area contributed by atoms with Crippen LogP contribution in [-0.2, 0) is 9.53 Å². The number of hydrogen-bond acceptors (Lipinski definition) is 5. The molecule has 1 aromatic rings. The second-order valence-corrected chi connectivity index (χ2v) is 4.35. The lowest BCUT2D eigenvalue weighted by molar-refractivity contribution is -0.148. The van der Waals surface area contributed by atoms with Gasteiger partial charge in [0.2, 0.25) is 0 Å².